The topological polar surface area (TPSA) is 29.3 Å². The van der Waals surface area contributed by atoms with Crippen LogP contribution < -0.4 is 5.73 Å². The Morgan fingerprint density at radius 3 is 2.38 bits per heavy atom. The maximum atomic E-state index is 5.62. The van der Waals surface area contributed by atoms with Gasteiger partial charge in [-0.2, -0.15) is 0 Å². The van der Waals surface area contributed by atoms with Crippen molar-refractivity contribution in [2.75, 3.05) is 6.54 Å². The van der Waals surface area contributed by atoms with E-state index in [1.54, 1.807) is 0 Å². The smallest absolute Gasteiger partial charge is 0.0102 e. The van der Waals surface area contributed by atoms with Crippen LogP contribution in [0.25, 0.3) is 0 Å². The predicted octanol–water partition coefficient (Wildman–Crippen LogP) is 1.74. The van der Waals surface area contributed by atoms with Gasteiger partial charge in [-0.1, -0.05) is 6.42 Å². The van der Waals surface area contributed by atoms with Crippen molar-refractivity contribution in [3.05, 3.63) is 0 Å². The minimum atomic E-state index is 0.725. The van der Waals surface area contributed by atoms with Gasteiger partial charge < -0.3 is 5.73 Å². The lowest BCUT2D eigenvalue weighted by Gasteiger charge is -2.39. The monoisotopic (exact) mass is 182 g/mol. The Morgan fingerprint density at radius 1 is 1.23 bits per heavy atom. The van der Waals surface area contributed by atoms with Crippen LogP contribution in [0.3, 0.4) is 0 Å². The molecule has 3 unspecified atom stereocenters. The summed E-state index contributed by atoms with van der Waals surface area (Å²) < 4.78 is 0. The second-order valence-corrected chi connectivity index (χ2v) is 4.69. The van der Waals surface area contributed by atoms with Gasteiger partial charge in [-0.15, -0.1) is 0 Å². The summed E-state index contributed by atoms with van der Waals surface area (Å²) in [5, 5.41) is 0. The fraction of sp³-hybridized carbons (Fsp3) is 1.00. The number of fused-ring (bicyclic) bond motifs is 2. The number of piperidine rings is 1. The number of rotatable bonds is 3. The van der Waals surface area contributed by atoms with E-state index in [0.717, 1.165) is 24.7 Å². The van der Waals surface area contributed by atoms with Gasteiger partial charge in [-0.3, -0.25) is 4.90 Å². The molecule has 3 atom stereocenters. The van der Waals surface area contributed by atoms with Crippen molar-refractivity contribution >= 4 is 0 Å². The summed E-state index contributed by atoms with van der Waals surface area (Å²) in [7, 11) is 0. The van der Waals surface area contributed by atoms with E-state index < -0.39 is 0 Å². The van der Waals surface area contributed by atoms with Crippen molar-refractivity contribution < 1.29 is 0 Å². The van der Waals surface area contributed by atoms with Gasteiger partial charge in [-0.25, -0.2) is 0 Å². The van der Waals surface area contributed by atoms with Crippen molar-refractivity contribution in [1.29, 1.82) is 0 Å². The van der Waals surface area contributed by atoms with E-state index in [1.165, 1.54) is 38.5 Å². The molecule has 2 nitrogen and oxygen atoms in total. The molecule has 0 aromatic carbocycles. The highest BCUT2D eigenvalue weighted by Gasteiger charge is 2.38. The highest BCUT2D eigenvalue weighted by Crippen LogP contribution is 2.37. The van der Waals surface area contributed by atoms with Crippen LogP contribution in [0.1, 0.15) is 45.4 Å². The van der Waals surface area contributed by atoms with Crippen molar-refractivity contribution in [1.82, 2.24) is 4.90 Å². The van der Waals surface area contributed by atoms with Crippen molar-refractivity contribution in [3.63, 3.8) is 0 Å². The molecule has 0 spiro atoms. The molecule has 0 aromatic heterocycles. The second kappa shape index (κ2) is 3.97. The molecule has 2 aliphatic heterocycles. The number of nitrogens with zero attached hydrogens (tertiary/aromatic N) is 1. The predicted molar refractivity (Wildman–Crippen MR) is 55.6 cm³/mol. The lowest BCUT2D eigenvalue weighted by atomic mass is 9.99. The number of hydrogen-bond donors (Lipinski definition) is 1. The van der Waals surface area contributed by atoms with E-state index in [0.29, 0.717) is 0 Å². The Balaban J connectivity index is 1.97. The lowest BCUT2D eigenvalue weighted by molar-refractivity contribution is 0.0918. The van der Waals surface area contributed by atoms with Gasteiger partial charge in [0.1, 0.15) is 0 Å². The maximum absolute atomic E-state index is 5.62. The van der Waals surface area contributed by atoms with Crippen molar-refractivity contribution in [2.24, 2.45) is 5.73 Å². The van der Waals surface area contributed by atoms with Gasteiger partial charge >= 0.3 is 0 Å². The SMILES string of the molecule is CC(CCN)N1C2CCCC1CC2. The molecular formula is C11H22N2. The summed E-state index contributed by atoms with van der Waals surface area (Å²) in [6.45, 7) is 3.20. The molecule has 13 heavy (non-hydrogen) atoms. The molecule has 2 saturated heterocycles. The summed E-state index contributed by atoms with van der Waals surface area (Å²) in [5.74, 6) is 0. The van der Waals surface area contributed by atoms with Gasteiger partial charge in [0.15, 0.2) is 0 Å². The lowest BCUT2D eigenvalue weighted by Crippen LogP contribution is -2.46. The van der Waals surface area contributed by atoms with Crippen LogP contribution in [0.5, 0.6) is 0 Å². The molecule has 0 radical (unpaired) electrons. The largest absolute Gasteiger partial charge is 0.330 e. The molecule has 2 N–H and O–H groups in total. The quantitative estimate of drug-likeness (QED) is 0.720. The fourth-order valence-electron chi connectivity index (χ4n) is 3.27. The third kappa shape index (κ3) is 1.75. The first-order valence-corrected chi connectivity index (χ1v) is 5.80. The van der Waals surface area contributed by atoms with Gasteiger partial charge in [0.25, 0.3) is 0 Å². The van der Waals surface area contributed by atoms with Crippen LogP contribution in [0, 0.1) is 0 Å². The van der Waals surface area contributed by atoms with Crippen LogP contribution in [0.4, 0.5) is 0 Å². The van der Waals surface area contributed by atoms with Crippen LogP contribution in [0.2, 0.25) is 0 Å². The molecule has 76 valence electrons. The second-order valence-electron chi connectivity index (χ2n) is 4.69. The first kappa shape index (κ1) is 9.47. The zero-order valence-corrected chi connectivity index (χ0v) is 8.71. The Bertz CT molecular complexity index is 153. The summed E-state index contributed by atoms with van der Waals surface area (Å²) in [6, 6.07) is 2.53. The maximum Gasteiger partial charge on any atom is 0.0102 e. The minimum absolute atomic E-state index is 0.725. The zero-order valence-electron chi connectivity index (χ0n) is 8.71. The van der Waals surface area contributed by atoms with Gasteiger partial charge in [0.2, 0.25) is 0 Å². The minimum Gasteiger partial charge on any atom is -0.330 e. The molecule has 0 amide bonds. The van der Waals surface area contributed by atoms with Crippen LogP contribution in [-0.2, 0) is 0 Å². The zero-order chi connectivity index (χ0) is 9.26. The Morgan fingerprint density at radius 2 is 1.85 bits per heavy atom. The van der Waals surface area contributed by atoms with Crippen LogP contribution >= 0.6 is 0 Å². The summed E-state index contributed by atoms with van der Waals surface area (Å²) >= 11 is 0. The normalized spacial score (nSPS) is 36.5. The number of nitrogens with two attached hydrogens (primary N) is 1. The van der Waals surface area contributed by atoms with E-state index in [4.69, 9.17) is 5.73 Å². The van der Waals surface area contributed by atoms with E-state index >= 15 is 0 Å². The molecule has 0 saturated carbocycles. The molecule has 2 bridgehead atoms. The Hall–Kier alpha value is -0.0800. The van der Waals surface area contributed by atoms with Gasteiger partial charge in [-0.05, 0) is 45.6 Å². The van der Waals surface area contributed by atoms with E-state index in [9.17, 15) is 0 Å². The summed E-state index contributed by atoms with van der Waals surface area (Å²) in [4.78, 5) is 2.76. The molecule has 2 heteroatoms. The van der Waals surface area contributed by atoms with E-state index in [1.807, 2.05) is 0 Å². The third-order valence-electron chi connectivity index (χ3n) is 3.84. The highest BCUT2D eigenvalue weighted by molar-refractivity contribution is 4.94. The Labute approximate surface area is 81.5 Å². The molecule has 2 fully saturated rings. The average Bonchev–Trinajstić information content (AvgIpc) is 2.37. The van der Waals surface area contributed by atoms with Gasteiger partial charge in [0, 0.05) is 18.1 Å². The van der Waals surface area contributed by atoms with E-state index in [-0.39, 0.29) is 0 Å². The van der Waals surface area contributed by atoms with Gasteiger partial charge in [0.05, 0.1) is 0 Å². The third-order valence-corrected chi connectivity index (χ3v) is 3.84. The molecular weight excluding hydrogens is 160 g/mol. The molecule has 2 rings (SSSR count). The summed E-state index contributed by atoms with van der Waals surface area (Å²) in [5.41, 5.74) is 5.62. The average molecular weight is 182 g/mol. The van der Waals surface area contributed by atoms with E-state index in [2.05, 4.69) is 11.8 Å². The Kier molecular flexibility index (Phi) is 2.89. The highest BCUT2D eigenvalue weighted by atomic mass is 15.2. The first-order chi connectivity index (χ1) is 6.33. The molecule has 0 aromatic rings. The number of hydrogen-bond acceptors (Lipinski definition) is 2. The fourth-order valence-corrected chi connectivity index (χ4v) is 3.27. The molecule has 0 aliphatic carbocycles. The molecule has 2 aliphatic rings. The first-order valence-electron chi connectivity index (χ1n) is 5.80. The summed E-state index contributed by atoms with van der Waals surface area (Å²) in [6.07, 6.45) is 8.39. The molecule has 2 heterocycles. The standard InChI is InChI=1S/C11H22N2/c1-9(7-8-12)13-10-3-2-4-11(13)6-5-10/h9-11H,2-8,12H2,1H3. The van der Waals surface area contributed by atoms with Crippen LogP contribution in [-0.4, -0.2) is 29.6 Å². The van der Waals surface area contributed by atoms with Crippen LogP contribution in [0.15, 0.2) is 0 Å². The van der Waals surface area contributed by atoms with Crippen molar-refractivity contribution in [2.45, 2.75) is 63.6 Å². The van der Waals surface area contributed by atoms with Crippen molar-refractivity contribution in [3.8, 4) is 0 Å².